The number of esters is 1. The number of rotatable bonds is 8. The van der Waals surface area contributed by atoms with Crippen LogP contribution in [-0.2, 0) is 39.8 Å². The molecule has 0 radical (unpaired) electrons. The Bertz CT molecular complexity index is 844. The van der Waals surface area contributed by atoms with Gasteiger partial charge in [0.2, 0.25) is 0 Å². The van der Waals surface area contributed by atoms with Crippen molar-refractivity contribution in [2.24, 2.45) is 5.92 Å². The molecule has 2 fully saturated rings. The minimum atomic E-state index is -0.524. The Hall–Kier alpha value is -2.29. The highest BCUT2D eigenvalue weighted by Crippen LogP contribution is 2.38. The van der Waals surface area contributed by atoms with Crippen molar-refractivity contribution < 1.29 is 33.2 Å². The van der Waals surface area contributed by atoms with Crippen LogP contribution >= 0.6 is 0 Å². The lowest BCUT2D eigenvalue weighted by Gasteiger charge is -2.48. The lowest BCUT2D eigenvalue weighted by atomic mass is 9.91. The number of benzene rings is 2. The fourth-order valence-electron chi connectivity index (χ4n) is 4.04. The van der Waals surface area contributed by atoms with Crippen molar-refractivity contribution in [2.75, 3.05) is 19.8 Å². The standard InChI is InChI=1S/C25H30O7/c1-3-27-21(26)16-28-22-17(2)24(29-14-18-10-6-4-7-11-18)31-20-15-30-25(32-23(20)22)19-12-8-5-9-13-19/h4-13,17,20,22-25H,3,14-16H2,1-2H3/t17?,20?,22-,23-,24+,25?/m1/s1. The van der Waals surface area contributed by atoms with E-state index < -0.39 is 30.8 Å². The van der Waals surface area contributed by atoms with Crippen LogP contribution in [0.5, 0.6) is 0 Å². The molecule has 6 atom stereocenters. The van der Waals surface area contributed by atoms with Crippen LogP contribution in [0.15, 0.2) is 60.7 Å². The maximum absolute atomic E-state index is 12.0. The Morgan fingerprint density at radius 2 is 1.72 bits per heavy atom. The largest absolute Gasteiger partial charge is 0.464 e. The third-order valence-corrected chi connectivity index (χ3v) is 5.67. The van der Waals surface area contributed by atoms with Gasteiger partial charge in [-0.15, -0.1) is 0 Å². The van der Waals surface area contributed by atoms with E-state index in [4.69, 9.17) is 28.4 Å². The van der Waals surface area contributed by atoms with Gasteiger partial charge in [-0.05, 0) is 12.5 Å². The van der Waals surface area contributed by atoms with Gasteiger partial charge in [-0.3, -0.25) is 0 Å². The highest BCUT2D eigenvalue weighted by atomic mass is 16.7. The molecule has 7 nitrogen and oxygen atoms in total. The molecule has 172 valence electrons. The monoisotopic (exact) mass is 442 g/mol. The van der Waals surface area contributed by atoms with Crippen molar-refractivity contribution in [3.63, 3.8) is 0 Å². The van der Waals surface area contributed by atoms with Gasteiger partial charge in [0.1, 0.15) is 18.8 Å². The van der Waals surface area contributed by atoms with Crippen molar-refractivity contribution in [3.05, 3.63) is 71.8 Å². The van der Waals surface area contributed by atoms with Crippen LogP contribution in [0.4, 0.5) is 0 Å². The summed E-state index contributed by atoms with van der Waals surface area (Å²) in [6, 6.07) is 19.6. The number of hydrogen-bond donors (Lipinski definition) is 0. The molecule has 2 aliphatic heterocycles. The quantitative estimate of drug-likeness (QED) is 0.578. The molecule has 0 aliphatic carbocycles. The first-order valence-electron chi connectivity index (χ1n) is 11.1. The summed E-state index contributed by atoms with van der Waals surface area (Å²) in [6.07, 6.45) is -2.25. The molecular formula is C25H30O7. The van der Waals surface area contributed by atoms with Gasteiger partial charge < -0.3 is 28.4 Å². The molecular weight excluding hydrogens is 412 g/mol. The van der Waals surface area contributed by atoms with Gasteiger partial charge in [0, 0.05) is 11.5 Å². The van der Waals surface area contributed by atoms with Crippen LogP contribution in [-0.4, -0.2) is 50.4 Å². The lowest BCUT2D eigenvalue weighted by molar-refractivity contribution is -0.357. The van der Waals surface area contributed by atoms with E-state index in [2.05, 4.69) is 0 Å². The smallest absolute Gasteiger partial charge is 0.332 e. The summed E-state index contributed by atoms with van der Waals surface area (Å²) < 4.78 is 35.6. The van der Waals surface area contributed by atoms with E-state index in [9.17, 15) is 4.79 Å². The summed E-state index contributed by atoms with van der Waals surface area (Å²) in [5.41, 5.74) is 1.97. The highest BCUT2D eigenvalue weighted by molar-refractivity contribution is 5.70. The zero-order valence-corrected chi connectivity index (χ0v) is 18.4. The number of carbonyl (C=O) groups is 1. The minimum Gasteiger partial charge on any atom is -0.464 e. The van der Waals surface area contributed by atoms with Gasteiger partial charge in [0.15, 0.2) is 12.6 Å². The Morgan fingerprint density at radius 3 is 2.44 bits per heavy atom. The van der Waals surface area contributed by atoms with E-state index in [1.165, 1.54) is 0 Å². The maximum Gasteiger partial charge on any atom is 0.332 e. The Balaban J connectivity index is 1.47. The zero-order valence-electron chi connectivity index (χ0n) is 18.4. The van der Waals surface area contributed by atoms with Crippen LogP contribution in [0.1, 0.15) is 31.3 Å². The molecule has 0 amide bonds. The third kappa shape index (κ3) is 5.54. The molecule has 0 spiro atoms. The first kappa shape index (κ1) is 22.9. The maximum atomic E-state index is 12.0. The fourth-order valence-corrected chi connectivity index (χ4v) is 4.04. The van der Waals surface area contributed by atoms with E-state index >= 15 is 0 Å². The summed E-state index contributed by atoms with van der Waals surface area (Å²) in [5.74, 6) is -0.583. The molecule has 7 heteroatoms. The molecule has 2 aliphatic rings. The van der Waals surface area contributed by atoms with Crippen LogP contribution in [0.25, 0.3) is 0 Å². The van der Waals surface area contributed by atoms with Gasteiger partial charge in [0.25, 0.3) is 0 Å². The van der Waals surface area contributed by atoms with E-state index in [0.717, 1.165) is 11.1 Å². The van der Waals surface area contributed by atoms with Crippen molar-refractivity contribution in [1.29, 1.82) is 0 Å². The summed E-state index contributed by atoms with van der Waals surface area (Å²) in [4.78, 5) is 12.0. The van der Waals surface area contributed by atoms with Crippen LogP contribution in [0, 0.1) is 5.92 Å². The molecule has 2 heterocycles. The van der Waals surface area contributed by atoms with Crippen LogP contribution in [0.3, 0.4) is 0 Å². The normalized spacial score (nSPS) is 29.8. The van der Waals surface area contributed by atoms with Gasteiger partial charge in [0.05, 0.1) is 25.9 Å². The topological polar surface area (TPSA) is 72.5 Å². The average Bonchev–Trinajstić information content (AvgIpc) is 2.83. The summed E-state index contributed by atoms with van der Waals surface area (Å²) >= 11 is 0. The molecule has 4 rings (SSSR count). The molecule has 32 heavy (non-hydrogen) atoms. The number of fused-ring (bicyclic) bond motifs is 1. The molecule has 0 saturated carbocycles. The van der Waals surface area contributed by atoms with Crippen molar-refractivity contribution in [2.45, 2.75) is 51.3 Å². The summed E-state index contributed by atoms with van der Waals surface area (Å²) in [6.45, 7) is 4.65. The molecule has 2 saturated heterocycles. The van der Waals surface area contributed by atoms with Gasteiger partial charge >= 0.3 is 5.97 Å². The summed E-state index contributed by atoms with van der Waals surface area (Å²) in [5, 5.41) is 0. The number of ether oxygens (including phenoxy) is 6. The predicted molar refractivity (Wildman–Crippen MR) is 115 cm³/mol. The average molecular weight is 443 g/mol. The fraction of sp³-hybridized carbons (Fsp3) is 0.480. The zero-order chi connectivity index (χ0) is 22.3. The lowest BCUT2D eigenvalue weighted by Crippen LogP contribution is -2.60. The molecule has 0 bridgehead atoms. The summed E-state index contributed by atoms with van der Waals surface area (Å²) in [7, 11) is 0. The second-order valence-electron chi connectivity index (χ2n) is 7.96. The molecule has 0 aromatic heterocycles. The molecule has 2 aromatic carbocycles. The minimum absolute atomic E-state index is 0.155. The highest BCUT2D eigenvalue weighted by Gasteiger charge is 2.49. The number of hydrogen-bond acceptors (Lipinski definition) is 7. The first-order chi connectivity index (χ1) is 15.7. The van der Waals surface area contributed by atoms with Crippen LogP contribution < -0.4 is 0 Å². The first-order valence-corrected chi connectivity index (χ1v) is 11.1. The van der Waals surface area contributed by atoms with E-state index in [1.54, 1.807) is 6.92 Å². The van der Waals surface area contributed by atoms with E-state index in [1.807, 2.05) is 67.6 Å². The third-order valence-electron chi connectivity index (χ3n) is 5.67. The molecule has 0 N–H and O–H groups in total. The van der Waals surface area contributed by atoms with Crippen LogP contribution in [0.2, 0.25) is 0 Å². The van der Waals surface area contributed by atoms with Gasteiger partial charge in [-0.25, -0.2) is 4.79 Å². The number of carbonyl (C=O) groups excluding carboxylic acids is 1. The van der Waals surface area contributed by atoms with Gasteiger partial charge in [-0.2, -0.15) is 0 Å². The molecule has 2 aromatic rings. The van der Waals surface area contributed by atoms with E-state index in [0.29, 0.717) is 19.8 Å². The van der Waals surface area contributed by atoms with Gasteiger partial charge in [-0.1, -0.05) is 67.6 Å². The Labute approximate surface area is 188 Å². The second kappa shape index (κ2) is 11.0. The van der Waals surface area contributed by atoms with E-state index in [-0.39, 0.29) is 18.6 Å². The van der Waals surface area contributed by atoms with Crippen molar-refractivity contribution in [1.82, 2.24) is 0 Å². The Kier molecular flexibility index (Phi) is 7.89. The Morgan fingerprint density at radius 1 is 1.00 bits per heavy atom. The van der Waals surface area contributed by atoms with Crippen molar-refractivity contribution >= 4 is 5.97 Å². The SMILES string of the molecule is CCOC(=O)CO[C@@H]1C(C)[C@@H](OCc2ccccc2)OC2COC(c3ccccc3)O[C@H]21. The van der Waals surface area contributed by atoms with Crippen molar-refractivity contribution in [3.8, 4) is 0 Å². The second-order valence-corrected chi connectivity index (χ2v) is 7.96. The molecule has 3 unspecified atom stereocenters. The predicted octanol–water partition coefficient (Wildman–Crippen LogP) is 3.63.